The molecule has 0 spiro atoms. The maximum atomic E-state index is 15.1. The Morgan fingerprint density at radius 3 is 2.00 bits per heavy atom. The van der Waals surface area contributed by atoms with E-state index in [1.807, 2.05) is 30.3 Å². The molecule has 0 aromatic heterocycles. The van der Waals surface area contributed by atoms with E-state index in [4.69, 9.17) is 0 Å². The molecule has 0 heterocycles. The third-order valence-electron chi connectivity index (χ3n) is 8.64. The molecular formula is C32H39F5. The van der Waals surface area contributed by atoms with E-state index in [1.165, 1.54) is 38.5 Å². The lowest BCUT2D eigenvalue weighted by Crippen LogP contribution is -2.15. The highest BCUT2D eigenvalue weighted by Crippen LogP contribution is 2.41. The summed E-state index contributed by atoms with van der Waals surface area (Å²) in [6.45, 7) is 2.24. The SMILES string of the molecule is CCCCCC1CCC(c2ccc(-c3ccc(C4CCC(C(F)=CC(F)(F)F)CC4)cc3)c(F)c2)CC1. The maximum absolute atomic E-state index is 15.1. The zero-order valence-electron chi connectivity index (χ0n) is 21.8. The van der Waals surface area contributed by atoms with E-state index in [1.54, 1.807) is 6.07 Å². The molecule has 0 N–H and O–H groups in total. The zero-order chi connectivity index (χ0) is 26.4. The standard InChI is InChI=1S/C32H39F5/c1-2-3-4-5-22-6-8-25(9-7-22)28-18-19-29(30(33)20-28)26-14-10-23(11-15-26)24-12-16-27(17-13-24)31(34)21-32(35,36)37/h10-11,14-15,18-22,24-25,27H,2-9,12-13,16-17H2,1H3. The average molecular weight is 519 g/mol. The molecule has 2 fully saturated rings. The van der Waals surface area contributed by atoms with Crippen molar-refractivity contribution in [2.75, 3.05) is 0 Å². The molecule has 0 unspecified atom stereocenters. The van der Waals surface area contributed by atoms with Crippen LogP contribution in [0.3, 0.4) is 0 Å². The Labute approximate surface area is 218 Å². The first-order valence-electron chi connectivity index (χ1n) is 14.1. The summed E-state index contributed by atoms with van der Waals surface area (Å²) < 4.78 is 66.4. The highest BCUT2D eigenvalue weighted by Gasteiger charge is 2.31. The fraction of sp³-hybridized carbons (Fsp3) is 0.562. The quantitative estimate of drug-likeness (QED) is 0.241. The van der Waals surface area contributed by atoms with Gasteiger partial charge in [0.05, 0.1) is 6.08 Å². The molecule has 0 bridgehead atoms. The van der Waals surface area contributed by atoms with Gasteiger partial charge in [0.1, 0.15) is 11.6 Å². The minimum Gasteiger partial charge on any atom is -0.212 e. The van der Waals surface area contributed by atoms with E-state index in [0.717, 1.165) is 35.4 Å². The van der Waals surface area contributed by atoms with Gasteiger partial charge in [0, 0.05) is 11.5 Å². The van der Waals surface area contributed by atoms with Crippen molar-refractivity contribution in [3.8, 4) is 11.1 Å². The highest BCUT2D eigenvalue weighted by molar-refractivity contribution is 5.65. The van der Waals surface area contributed by atoms with Crippen LogP contribution in [0.15, 0.2) is 54.4 Å². The van der Waals surface area contributed by atoms with E-state index in [-0.39, 0.29) is 17.8 Å². The summed E-state index contributed by atoms with van der Waals surface area (Å²) in [5, 5.41) is 0. The van der Waals surface area contributed by atoms with Gasteiger partial charge in [-0.05, 0) is 91.9 Å². The lowest BCUT2D eigenvalue weighted by Gasteiger charge is -2.29. The lowest BCUT2D eigenvalue weighted by molar-refractivity contribution is -0.0820. The van der Waals surface area contributed by atoms with E-state index in [9.17, 15) is 17.6 Å². The molecule has 2 aliphatic carbocycles. The molecule has 0 saturated heterocycles. The predicted octanol–water partition coefficient (Wildman–Crippen LogP) is 11.0. The molecule has 0 atom stereocenters. The Morgan fingerprint density at radius 2 is 1.41 bits per heavy atom. The summed E-state index contributed by atoms with van der Waals surface area (Å²) in [5.74, 6) is -0.438. The maximum Gasteiger partial charge on any atom is 0.412 e. The molecule has 2 aliphatic rings. The third-order valence-corrected chi connectivity index (χ3v) is 8.64. The number of unbranched alkanes of at least 4 members (excludes halogenated alkanes) is 2. The van der Waals surface area contributed by atoms with Crippen molar-refractivity contribution in [1.82, 2.24) is 0 Å². The highest BCUT2D eigenvalue weighted by atomic mass is 19.4. The second-order valence-corrected chi connectivity index (χ2v) is 11.2. The van der Waals surface area contributed by atoms with Crippen LogP contribution in [0.2, 0.25) is 0 Å². The van der Waals surface area contributed by atoms with Crippen LogP contribution in [-0.2, 0) is 0 Å². The lowest BCUT2D eigenvalue weighted by atomic mass is 9.76. The molecule has 37 heavy (non-hydrogen) atoms. The van der Waals surface area contributed by atoms with Crippen molar-refractivity contribution in [1.29, 1.82) is 0 Å². The minimum absolute atomic E-state index is 0.188. The number of benzene rings is 2. The molecule has 5 heteroatoms. The Kier molecular flexibility index (Phi) is 9.47. The van der Waals surface area contributed by atoms with Crippen molar-refractivity contribution in [2.24, 2.45) is 11.8 Å². The molecule has 202 valence electrons. The van der Waals surface area contributed by atoms with Gasteiger partial charge in [-0.1, -0.05) is 69.0 Å². The monoisotopic (exact) mass is 518 g/mol. The zero-order valence-corrected chi connectivity index (χ0v) is 21.8. The van der Waals surface area contributed by atoms with E-state index < -0.39 is 17.9 Å². The molecule has 0 amide bonds. The Balaban J connectivity index is 1.33. The second-order valence-electron chi connectivity index (χ2n) is 11.2. The summed E-state index contributed by atoms with van der Waals surface area (Å²) in [5.41, 5.74) is 3.59. The van der Waals surface area contributed by atoms with Crippen LogP contribution in [-0.4, -0.2) is 6.18 Å². The van der Waals surface area contributed by atoms with Gasteiger partial charge < -0.3 is 0 Å². The molecule has 0 radical (unpaired) electrons. The average Bonchev–Trinajstić information content (AvgIpc) is 2.88. The van der Waals surface area contributed by atoms with Crippen LogP contribution in [0.5, 0.6) is 0 Å². The first-order chi connectivity index (χ1) is 17.7. The van der Waals surface area contributed by atoms with Gasteiger partial charge in [-0.2, -0.15) is 13.2 Å². The fourth-order valence-corrected chi connectivity index (χ4v) is 6.40. The smallest absolute Gasteiger partial charge is 0.212 e. The van der Waals surface area contributed by atoms with Gasteiger partial charge in [0.25, 0.3) is 0 Å². The molecular weight excluding hydrogens is 479 g/mol. The summed E-state index contributed by atoms with van der Waals surface area (Å²) >= 11 is 0. The van der Waals surface area contributed by atoms with Gasteiger partial charge in [-0.3, -0.25) is 0 Å². The summed E-state index contributed by atoms with van der Waals surface area (Å²) in [6, 6.07) is 13.5. The molecule has 4 rings (SSSR count). The van der Waals surface area contributed by atoms with Crippen LogP contribution < -0.4 is 0 Å². The molecule has 0 nitrogen and oxygen atoms in total. The normalized spacial score (nSPS) is 25.3. The van der Waals surface area contributed by atoms with Gasteiger partial charge in [0.15, 0.2) is 0 Å². The number of halogens is 5. The Hall–Kier alpha value is -2.17. The largest absolute Gasteiger partial charge is 0.412 e. The van der Waals surface area contributed by atoms with E-state index in [0.29, 0.717) is 37.2 Å². The van der Waals surface area contributed by atoms with E-state index >= 15 is 4.39 Å². The predicted molar refractivity (Wildman–Crippen MR) is 141 cm³/mol. The van der Waals surface area contributed by atoms with Crippen LogP contribution >= 0.6 is 0 Å². The topological polar surface area (TPSA) is 0 Å². The van der Waals surface area contributed by atoms with Crippen molar-refractivity contribution in [3.05, 3.63) is 71.3 Å². The third kappa shape index (κ3) is 7.67. The number of hydrogen-bond donors (Lipinski definition) is 0. The van der Waals surface area contributed by atoms with Crippen molar-refractivity contribution < 1.29 is 22.0 Å². The minimum atomic E-state index is -4.61. The van der Waals surface area contributed by atoms with Crippen LogP contribution in [0.4, 0.5) is 22.0 Å². The van der Waals surface area contributed by atoms with Gasteiger partial charge in [0.2, 0.25) is 0 Å². The molecule has 2 aromatic carbocycles. The number of hydrogen-bond acceptors (Lipinski definition) is 0. The van der Waals surface area contributed by atoms with Gasteiger partial charge in [-0.25, -0.2) is 8.78 Å². The molecule has 2 aromatic rings. The number of alkyl halides is 3. The van der Waals surface area contributed by atoms with Crippen molar-refractivity contribution in [3.63, 3.8) is 0 Å². The first kappa shape index (κ1) is 27.9. The van der Waals surface area contributed by atoms with Gasteiger partial charge >= 0.3 is 6.18 Å². The number of rotatable bonds is 8. The summed E-state index contributed by atoms with van der Waals surface area (Å²) in [4.78, 5) is 0. The van der Waals surface area contributed by atoms with Crippen LogP contribution in [0.1, 0.15) is 107 Å². The second kappa shape index (κ2) is 12.6. The van der Waals surface area contributed by atoms with Gasteiger partial charge in [-0.15, -0.1) is 0 Å². The summed E-state index contributed by atoms with van der Waals surface area (Å²) in [6.07, 6.45) is 7.29. The van der Waals surface area contributed by atoms with Crippen molar-refractivity contribution in [2.45, 2.75) is 102 Å². The summed E-state index contributed by atoms with van der Waals surface area (Å²) in [7, 11) is 0. The van der Waals surface area contributed by atoms with Crippen LogP contribution in [0, 0.1) is 17.7 Å². The Bertz CT molecular complexity index is 1020. The molecule has 0 aliphatic heterocycles. The number of allylic oxidation sites excluding steroid dienone is 2. The molecule has 2 saturated carbocycles. The van der Waals surface area contributed by atoms with E-state index in [2.05, 4.69) is 13.0 Å². The Morgan fingerprint density at radius 1 is 0.811 bits per heavy atom. The fourth-order valence-electron chi connectivity index (χ4n) is 6.40. The van der Waals surface area contributed by atoms with Crippen molar-refractivity contribution >= 4 is 0 Å². The first-order valence-corrected chi connectivity index (χ1v) is 14.1. The van der Waals surface area contributed by atoms with Crippen LogP contribution in [0.25, 0.3) is 11.1 Å².